The average molecular weight is 201 g/mol. The number of nitrogens with zero attached hydrogens (tertiary/aromatic N) is 1. The summed E-state index contributed by atoms with van der Waals surface area (Å²) < 4.78 is 8.86. The number of hydrogen-bond acceptors (Lipinski definition) is 4. The van der Waals surface area contributed by atoms with Crippen molar-refractivity contribution in [3.8, 4) is 11.8 Å². The Morgan fingerprint density at radius 3 is 3.08 bits per heavy atom. The van der Waals surface area contributed by atoms with E-state index in [2.05, 4.69) is 21.6 Å². The lowest BCUT2D eigenvalue weighted by atomic mass is 10.6. The molecule has 3 N–H and O–H groups in total. The summed E-state index contributed by atoms with van der Waals surface area (Å²) in [5.41, 5.74) is 5.41. The second kappa shape index (κ2) is 9.23. The monoisotopic (exact) mass is 201 g/mol. The first-order valence-corrected chi connectivity index (χ1v) is 4.94. The van der Waals surface area contributed by atoms with E-state index in [4.69, 9.17) is 10.5 Å². The first-order valence-electron chi connectivity index (χ1n) is 3.99. The van der Waals surface area contributed by atoms with Crippen LogP contribution in [0.25, 0.3) is 0 Å². The molecule has 5 heteroatoms. The minimum Gasteiger partial charge on any atom is -0.452 e. The molecule has 0 aliphatic carbocycles. The highest BCUT2D eigenvalue weighted by Crippen LogP contribution is 1.97. The Balaban J connectivity index is 3.43. The summed E-state index contributed by atoms with van der Waals surface area (Å²) in [6.45, 7) is 5.00. The van der Waals surface area contributed by atoms with E-state index in [-0.39, 0.29) is 6.02 Å². The third-order valence-electron chi connectivity index (χ3n) is 1.04. The van der Waals surface area contributed by atoms with Gasteiger partial charge in [-0.3, -0.25) is 0 Å². The predicted octanol–water partition coefficient (Wildman–Crippen LogP) is 0.556. The lowest BCUT2D eigenvalue weighted by Crippen LogP contribution is -2.16. The molecule has 0 bridgehead atoms. The Morgan fingerprint density at radius 1 is 1.69 bits per heavy atom. The van der Waals surface area contributed by atoms with Gasteiger partial charge in [0.05, 0.1) is 5.88 Å². The lowest BCUT2D eigenvalue weighted by Gasteiger charge is -1.99. The van der Waals surface area contributed by atoms with Crippen LogP contribution in [0.5, 0.6) is 0 Å². The van der Waals surface area contributed by atoms with Crippen molar-refractivity contribution in [1.29, 1.82) is 0 Å². The molecule has 0 fully saturated rings. The maximum atomic E-state index is 5.41. The van der Waals surface area contributed by atoms with Crippen molar-refractivity contribution in [1.82, 2.24) is 5.32 Å². The molecule has 0 radical (unpaired) electrons. The normalized spacial score (nSPS) is 10.5. The highest BCUT2D eigenvalue weighted by molar-refractivity contribution is 7.98. The topological polar surface area (TPSA) is 59.6 Å². The summed E-state index contributed by atoms with van der Waals surface area (Å²) in [6.07, 6.45) is 0. The molecule has 4 nitrogen and oxygen atoms in total. The van der Waals surface area contributed by atoms with Crippen LogP contribution in [0.4, 0.5) is 0 Å². The van der Waals surface area contributed by atoms with E-state index >= 15 is 0 Å². The van der Waals surface area contributed by atoms with Gasteiger partial charge in [0.1, 0.15) is 0 Å². The van der Waals surface area contributed by atoms with Gasteiger partial charge in [-0.25, -0.2) is 0 Å². The van der Waals surface area contributed by atoms with Crippen molar-refractivity contribution in [2.75, 3.05) is 19.0 Å². The number of ether oxygens (including phenoxy) is 1. The van der Waals surface area contributed by atoms with Crippen molar-refractivity contribution < 1.29 is 4.74 Å². The van der Waals surface area contributed by atoms with E-state index < -0.39 is 0 Å². The molecule has 0 aromatic carbocycles. The van der Waals surface area contributed by atoms with Crippen LogP contribution in [0.3, 0.4) is 0 Å². The van der Waals surface area contributed by atoms with Gasteiger partial charge >= 0.3 is 0 Å². The van der Waals surface area contributed by atoms with Gasteiger partial charge in [-0.1, -0.05) is 12.8 Å². The van der Waals surface area contributed by atoms with Gasteiger partial charge in [0.2, 0.25) is 0 Å². The van der Waals surface area contributed by atoms with E-state index in [1.54, 1.807) is 6.92 Å². The molecular weight excluding hydrogens is 186 g/mol. The summed E-state index contributed by atoms with van der Waals surface area (Å²) in [5.74, 6) is 6.15. The number of rotatable bonds is 5. The van der Waals surface area contributed by atoms with E-state index in [1.165, 1.54) is 11.9 Å². The summed E-state index contributed by atoms with van der Waals surface area (Å²) in [7, 11) is 0. The van der Waals surface area contributed by atoms with Gasteiger partial charge in [-0.2, -0.15) is 4.40 Å². The van der Waals surface area contributed by atoms with Crippen LogP contribution in [-0.2, 0) is 4.74 Å². The molecular formula is C8H15N3OS. The van der Waals surface area contributed by atoms with Crippen molar-refractivity contribution >= 4 is 18.0 Å². The van der Waals surface area contributed by atoms with Crippen LogP contribution in [0.2, 0.25) is 0 Å². The number of amidine groups is 1. The molecule has 0 amide bonds. The quantitative estimate of drug-likeness (QED) is 0.170. The van der Waals surface area contributed by atoms with Crippen LogP contribution in [0, 0.1) is 11.8 Å². The fourth-order valence-electron chi connectivity index (χ4n) is 0.452. The Labute approximate surface area is 83.5 Å². The minimum atomic E-state index is 0.172. The zero-order valence-corrected chi connectivity index (χ0v) is 8.78. The van der Waals surface area contributed by atoms with Crippen molar-refractivity contribution in [3.63, 3.8) is 0 Å². The lowest BCUT2D eigenvalue weighted by molar-refractivity contribution is 0.353. The summed E-state index contributed by atoms with van der Waals surface area (Å²) in [5, 5.41) is 3.09. The number of nitrogens with one attached hydrogen (secondary N) is 1. The highest BCUT2D eigenvalue weighted by atomic mass is 32.2. The third-order valence-corrected chi connectivity index (χ3v) is 1.68. The van der Waals surface area contributed by atoms with Gasteiger partial charge in [0, 0.05) is 0 Å². The molecule has 0 aromatic heterocycles. The van der Waals surface area contributed by atoms with Crippen molar-refractivity contribution in [2.45, 2.75) is 13.8 Å². The van der Waals surface area contributed by atoms with Crippen LogP contribution in [0.15, 0.2) is 4.40 Å². The smallest absolute Gasteiger partial charge is 0.294 e. The molecule has 0 aromatic rings. The standard InChI is InChI=1S/C8H15N3OS/c1-3-5-6-12-8(9)11-13-7-10-4-2/h10H,4,6-7H2,1-2H3,(H2,9,11). The molecule has 13 heavy (non-hydrogen) atoms. The first-order chi connectivity index (χ1) is 6.31. The van der Waals surface area contributed by atoms with E-state index in [0.29, 0.717) is 6.61 Å². The van der Waals surface area contributed by atoms with Crippen molar-refractivity contribution in [3.05, 3.63) is 0 Å². The Hall–Kier alpha value is -0.860. The Morgan fingerprint density at radius 2 is 2.46 bits per heavy atom. The summed E-state index contributed by atoms with van der Waals surface area (Å²) in [4.78, 5) is 0. The maximum Gasteiger partial charge on any atom is 0.294 e. The fraction of sp³-hybridized carbons (Fsp3) is 0.625. The molecule has 0 rings (SSSR count). The van der Waals surface area contributed by atoms with Gasteiger partial charge in [-0.05, 0) is 25.4 Å². The van der Waals surface area contributed by atoms with Crippen LogP contribution in [-0.4, -0.2) is 25.1 Å². The molecule has 74 valence electrons. The number of hydrogen-bond donors (Lipinski definition) is 2. The Bertz CT molecular complexity index is 207. The second-order valence-corrected chi connectivity index (χ2v) is 2.75. The van der Waals surface area contributed by atoms with E-state index in [1.807, 2.05) is 6.92 Å². The van der Waals surface area contributed by atoms with Crippen LogP contribution in [0.1, 0.15) is 13.8 Å². The average Bonchev–Trinajstić information content (AvgIpc) is 2.13. The SMILES string of the molecule is CC#CCO/C(N)=N/SCNCC. The highest BCUT2D eigenvalue weighted by Gasteiger charge is 1.89. The molecule has 0 saturated carbocycles. The number of nitrogens with two attached hydrogens (primary N) is 1. The molecule has 0 atom stereocenters. The summed E-state index contributed by atoms with van der Waals surface area (Å²) >= 11 is 1.32. The van der Waals surface area contributed by atoms with Gasteiger partial charge in [-0.15, -0.1) is 5.92 Å². The predicted molar refractivity (Wildman–Crippen MR) is 57.2 cm³/mol. The van der Waals surface area contributed by atoms with E-state index in [9.17, 15) is 0 Å². The zero-order chi connectivity index (χ0) is 9.94. The molecule has 0 aliphatic rings. The fourth-order valence-corrected chi connectivity index (χ4v) is 0.992. The maximum absolute atomic E-state index is 5.41. The molecule has 0 heterocycles. The van der Waals surface area contributed by atoms with Gasteiger partial charge < -0.3 is 15.8 Å². The second-order valence-electron chi connectivity index (χ2n) is 2.02. The molecule has 0 saturated heterocycles. The van der Waals surface area contributed by atoms with E-state index in [0.717, 1.165) is 12.4 Å². The largest absolute Gasteiger partial charge is 0.452 e. The van der Waals surface area contributed by atoms with Crippen LogP contribution < -0.4 is 11.1 Å². The minimum absolute atomic E-state index is 0.172. The molecule has 0 aliphatic heterocycles. The third kappa shape index (κ3) is 9.05. The molecule has 0 unspecified atom stereocenters. The molecule has 0 spiro atoms. The van der Waals surface area contributed by atoms with Gasteiger partial charge in [0.15, 0.2) is 6.61 Å². The Kier molecular flexibility index (Phi) is 8.62. The van der Waals surface area contributed by atoms with Gasteiger partial charge in [0.25, 0.3) is 6.02 Å². The summed E-state index contributed by atoms with van der Waals surface area (Å²) in [6, 6.07) is 0.172. The van der Waals surface area contributed by atoms with Crippen molar-refractivity contribution in [2.24, 2.45) is 10.1 Å². The van der Waals surface area contributed by atoms with Crippen LogP contribution >= 0.6 is 11.9 Å². The zero-order valence-electron chi connectivity index (χ0n) is 7.96. The first kappa shape index (κ1) is 12.1.